The smallest absolute Gasteiger partial charge is 0.0856 e. The summed E-state index contributed by atoms with van der Waals surface area (Å²) < 4.78 is 0. The number of fused-ring (bicyclic) bond motifs is 1. The van der Waals surface area contributed by atoms with Crippen molar-refractivity contribution in [3.05, 3.63) is 71.9 Å². The molecule has 137 valence electrons. The second-order valence-corrected chi connectivity index (χ2v) is 5.81. The van der Waals surface area contributed by atoms with Crippen molar-refractivity contribution >= 4 is 11.8 Å². The largest absolute Gasteiger partial charge is 0.394 e. The van der Waals surface area contributed by atoms with Gasteiger partial charge >= 0.3 is 0 Å². The van der Waals surface area contributed by atoms with Gasteiger partial charge in [-0.2, -0.15) is 0 Å². The minimum absolute atomic E-state index is 0. The van der Waals surface area contributed by atoms with E-state index >= 15 is 0 Å². The van der Waals surface area contributed by atoms with Gasteiger partial charge in [0.15, 0.2) is 0 Å². The van der Waals surface area contributed by atoms with Gasteiger partial charge in [-0.15, -0.1) is 0 Å². The number of para-hydroxylation sites is 1. The molecular weight excluding hydrogens is 496 g/mol. The Hall–Kier alpha value is -1.53. The molecule has 3 rings (SSSR count). The molecule has 2 aromatic carbocycles. The van der Waals surface area contributed by atoms with Crippen LogP contribution in [-0.2, 0) is 26.7 Å². The van der Waals surface area contributed by atoms with E-state index in [1.54, 1.807) is 0 Å². The monoisotopic (exact) mass is 521 g/mol. The van der Waals surface area contributed by atoms with E-state index in [2.05, 4.69) is 65.7 Å². The fourth-order valence-electron chi connectivity index (χ4n) is 2.19. The normalized spacial score (nSPS) is 12.6. The van der Waals surface area contributed by atoms with Crippen molar-refractivity contribution in [1.82, 2.24) is 0 Å². The second kappa shape index (κ2) is 10.5. The number of aliphatic hydroxyl groups is 3. The number of nitrogens with two attached hydrogens (primary N) is 1. The van der Waals surface area contributed by atoms with Crippen molar-refractivity contribution < 1.29 is 35.4 Å². The summed E-state index contributed by atoms with van der Waals surface area (Å²) in [4.78, 5) is 2.27. The van der Waals surface area contributed by atoms with E-state index < -0.39 is 25.4 Å². The maximum Gasteiger partial charge on any atom is 0.0856 e. The van der Waals surface area contributed by atoms with E-state index in [1.165, 1.54) is 16.8 Å². The summed E-state index contributed by atoms with van der Waals surface area (Å²) in [6.07, 6.45) is 4.32. The topological polar surface area (TPSA) is 90.0 Å². The van der Waals surface area contributed by atoms with Crippen LogP contribution in [0.3, 0.4) is 0 Å². The summed E-state index contributed by atoms with van der Waals surface area (Å²) in [7, 11) is 0. The Bertz CT molecular complexity index is 652. The Labute approximate surface area is 161 Å². The molecule has 6 heteroatoms. The third kappa shape index (κ3) is 6.04. The molecule has 1 radical (unpaired) electrons. The number of anilines is 1. The second-order valence-electron chi connectivity index (χ2n) is 5.81. The van der Waals surface area contributed by atoms with Gasteiger partial charge < -0.3 is 26.0 Å². The Morgan fingerprint density at radius 1 is 0.880 bits per heavy atom. The molecule has 0 amide bonds. The van der Waals surface area contributed by atoms with Crippen molar-refractivity contribution in [2.75, 3.05) is 24.7 Å². The average molecular weight is 521 g/mol. The summed E-state index contributed by atoms with van der Waals surface area (Å²) in [5, 5.41) is 25.0. The molecule has 0 aliphatic carbocycles. The molecule has 5 N–H and O–H groups in total. The van der Waals surface area contributed by atoms with E-state index in [1.807, 2.05) is 6.07 Å². The van der Waals surface area contributed by atoms with Crippen molar-refractivity contribution in [2.45, 2.75) is 12.1 Å². The summed E-state index contributed by atoms with van der Waals surface area (Å²) in [6.45, 7) is -0.253. The van der Waals surface area contributed by atoms with Crippen molar-refractivity contribution in [2.24, 2.45) is 5.73 Å². The van der Waals surface area contributed by atoms with Gasteiger partial charge in [-0.25, -0.2) is 0 Å². The van der Waals surface area contributed by atoms with Crippen LogP contribution in [0.2, 0.25) is 0 Å². The first-order chi connectivity index (χ1) is 11.6. The zero-order chi connectivity index (χ0) is 17.4. The number of nitrogens with zero attached hydrogens (tertiary/aromatic N) is 1. The molecule has 1 heterocycles. The summed E-state index contributed by atoms with van der Waals surface area (Å²) >= 11 is 0. The van der Waals surface area contributed by atoms with Gasteiger partial charge in [-0.3, -0.25) is 0 Å². The van der Waals surface area contributed by atoms with E-state index in [0.29, 0.717) is 0 Å². The van der Waals surface area contributed by atoms with Crippen LogP contribution in [0.1, 0.15) is 11.1 Å². The van der Waals surface area contributed by atoms with Gasteiger partial charge in [-0.1, -0.05) is 42.5 Å². The van der Waals surface area contributed by atoms with E-state index in [0.717, 1.165) is 6.54 Å². The van der Waals surface area contributed by atoms with Crippen LogP contribution in [0.5, 0.6) is 0 Å². The van der Waals surface area contributed by atoms with Crippen LogP contribution in [-0.4, -0.2) is 40.7 Å². The van der Waals surface area contributed by atoms with Crippen molar-refractivity contribution in [1.29, 1.82) is 0 Å². The average Bonchev–Trinajstić information content (AvgIpc) is 2.68. The van der Waals surface area contributed by atoms with Gasteiger partial charge in [-0.05, 0) is 29.3 Å². The molecule has 0 spiro atoms. The van der Waals surface area contributed by atoms with Crippen LogP contribution < -0.4 is 10.6 Å². The Morgan fingerprint density at radius 2 is 1.44 bits per heavy atom. The van der Waals surface area contributed by atoms with Crippen molar-refractivity contribution in [3.63, 3.8) is 0 Å². The third-order valence-electron chi connectivity index (χ3n) is 3.86. The fraction of sp³-hybridized carbons (Fsp3) is 0.263. The zero-order valence-electron chi connectivity index (χ0n) is 13.9. The van der Waals surface area contributed by atoms with Gasteiger partial charge in [0, 0.05) is 38.5 Å². The van der Waals surface area contributed by atoms with E-state index in [9.17, 15) is 0 Å². The molecule has 0 bridgehead atoms. The SMILES string of the molecule is C1=CN(c2ccccc2)Cc2ccccc21.NC(CO)(CO)CO.[Ir]. The summed E-state index contributed by atoms with van der Waals surface area (Å²) in [5.74, 6) is 0. The number of benzene rings is 2. The number of aliphatic hydroxyl groups excluding tert-OH is 3. The Kier molecular flexibility index (Phi) is 9.00. The standard InChI is InChI=1S/C15H13N.C4H11NO3.Ir/c1-2-8-15(9-3-1)16-11-10-13-6-4-5-7-14(13)12-16;5-4(1-6,2-7)3-8;/h1-11H,12H2;6-8H,1-3,5H2;. The van der Waals surface area contributed by atoms with E-state index in [-0.39, 0.29) is 20.1 Å². The molecule has 0 saturated carbocycles. The Morgan fingerprint density at radius 3 is 2.00 bits per heavy atom. The molecule has 0 saturated heterocycles. The quantitative estimate of drug-likeness (QED) is 0.489. The summed E-state index contributed by atoms with van der Waals surface area (Å²) in [6, 6.07) is 19.0. The van der Waals surface area contributed by atoms with Crippen LogP contribution in [0, 0.1) is 0 Å². The maximum absolute atomic E-state index is 8.34. The predicted molar refractivity (Wildman–Crippen MR) is 96.3 cm³/mol. The molecule has 0 atom stereocenters. The summed E-state index contributed by atoms with van der Waals surface area (Å²) in [5.41, 5.74) is 7.89. The Balaban J connectivity index is 0.000000301. The first-order valence-electron chi connectivity index (χ1n) is 7.81. The van der Waals surface area contributed by atoms with Gasteiger partial charge in [0.2, 0.25) is 0 Å². The zero-order valence-corrected chi connectivity index (χ0v) is 16.3. The first-order valence-corrected chi connectivity index (χ1v) is 7.81. The maximum atomic E-state index is 8.34. The van der Waals surface area contributed by atoms with Crippen LogP contribution >= 0.6 is 0 Å². The minimum Gasteiger partial charge on any atom is -0.394 e. The molecule has 0 unspecified atom stereocenters. The number of hydrogen-bond acceptors (Lipinski definition) is 5. The van der Waals surface area contributed by atoms with Crippen molar-refractivity contribution in [3.8, 4) is 0 Å². The number of rotatable bonds is 4. The molecule has 2 aromatic rings. The molecule has 25 heavy (non-hydrogen) atoms. The predicted octanol–water partition coefficient (Wildman–Crippen LogP) is 1.34. The minimum atomic E-state index is -1.21. The van der Waals surface area contributed by atoms with Gasteiger partial charge in [0.05, 0.1) is 25.4 Å². The number of hydrogen-bond donors (Lipinski definition) is 4. The van der Waals surface area contributed by atoms with Gasteiger partial charge in [0.1, 0.15) is 0 Å². The molecule has 0 aromatic heterocycles. The van der Waals surface area contributed by atoms with Crippen LogP contribution in [0.15, 0.2) is 60.8 Å². The fourth-order valence-corrected chi connectivity index (χ4v) is 2.19. The van der Waals surface area contributed by atoms with Crippen LogP contribution in [0.4, 0.5) is 5.69 Å². The van der Waals surface area contributed by atoms with E-state index in [4.69, 9.17) is 21.1 Å². The molecule has 0 fully saturated rings. The van der Waals surface area contributed by atoms with Crippen LogP contribution in [0.25, 0.3) is 6.08 Å². The first kappa shape index (κ1) is 21.5. The molecule has 1 aliphatic rings. The third-order valence-corrected chi connectivity index (χ3v) is 3.86. The molecule has 5 nitrogen and oxygen atoms in total. The molecular formula is C19H24IrN2O3. The molecule has 1 aliphatic heterocycles. The van der Waals surface area contributed by atoms with Gasteiger partial charge in [0.25, 0.3) is 0 Å².